The largest absolute Gasteiger partial charge is 0.495 e. The van der Waals surface area contributed by atoms with E-state index in [0.717, 1.165) is 9.87 Å². The minimum absolute atomic E-state index is 0.00101. The highest BCUT2D eigenvalue weighted by molar-refractivity contribution is 7.92. The Hall–Kier alpha value is -3.27. The monoisotopic (exact) mass is 605 g/mol. The number of carbonyl (C=O) groups is 2. The highest BCUT2D eigenvalue weighted by Gasteiger charge is 2.33. The van der Waals surface area contributed by atoms with Gasteiger partial charge in [-0.15, -0.1) is 0 Å². The van der Waals surface area contributed by atoms with Gasteiger partial charge in [-0.1, -0.05) is 59.1 Å². The number of nitrogens with zero attached hydrogens (tertiary/aromatic N) is 2. The Kier molecular flexibility index (Phi) is 10.5. The number of carbonyl (C=O) groups excluding carboxylic acids is 2. The molecule has 0 aliphatic carbocycles. The zero-order chi connectivity index (χ0) is 29.6. The van der Waals surface area contributed by atoms with Crippen molar-refractivity contribution in [3.63, 3.8) is 0 Å². The number of sulfonamides is 1. The van der Waals surface area contributed by atoms with Crippen molar-refractivity contribution in [3.8, 4) is 5.75 Å². The smallest absolute Gasteiger partial charge is 0.264 e. The van der Waals surface area contributed by atoms with Crippen LogP contribution < -0.4 is 14.4 Å². The lowest BCUT2D eigenvalue weighted by Gasteiger charge is -2.32. The van der Waals surface area contributed by atoms with Gasteiger partial charge < -0.3 is 15.0 Å². The van der Waals surface area contributed by atoms with E-state index >= 15 is 0 Å². The van der Waals surface area contributed by atoms with E-state index in [4.69, 9.17) is 27.9 Å². The van der Waals surface area contributed by atoms with Crippen molar-refractivity contribution in [2.45, 2.75) is 51.2 Å². The fourth-order valence-corrected chi connectivity index (χ4v) is 5.83. The second-order valence-electron chi connectivity index (χ2n) is 9.60. The van der Waals surface area contributed by atoms with Crippen molar-refractivity contribution in [2.24, 2.45) is 0 Å². The summed E-state index contributed by atoms with van der Waals surface area (Å²) in [6, 6.07) is 16.7. The molecule has 0 aliphatic rings. The van der Waals surface area contributed by atoms with Gasteiger partial charge in [0.25, 0.3) is 10.0 Å². The lowest BCUT2D eigenvalue weighted by atomic mass is 10.1. The van der Waals surface area contributed by atoms with Crippen molar-refractivity contribution < 1.29 is 22.7 Å². The number of hydrogen-bond acceptors (Lipinski definition) is 5. The van der Waals surface area contributed by atoms with Crippen molar-refractivity contribution >= 4 is 50.7 Å². The number of benzene rings is 3. The van der Waals surface area contributed by atoms with Gasteiger partial charge in [-0.3, -0.25) is 13.9 Å². The number of hydrogen-bond donors (Lipinski definition) is 1. The highest BCUT2D eigenvalue weighted by Crippen LogP contribution is 2.32. The second-order valence-corrected chi connectivity index (χ2v) is 12.3. The first-order valence-corrected chi connectivity index (χ1v) is 14.8. The number of methoxy groups -OCH3 is 1. The molecule has 2 amide bonds. The zero-order valence-corrected chi connectivity index (χ0v) is 25.3. The normalized spacial score (nSPS) is 12.1. The van der Waals surface area contributed by atoms with Gasteiger partial charge in [0, 0.05) is 17.6 Å². The molecular weight excluding hydrogens is 573 g/mol. The van der Waals surface area contributed by atoms with E-state index in [1.165, 1.54) is 42.3 Å². The molecule has 3 aromatic carbocycles. The van der Waals surface area contributed by atoms with E-state index in [0.29, 0.717) is 16.3 Å². The Labute approximate surface area is 245 Å². The molecule has 0 saturated heterocycles. The van der Waals surface area contributed by atoms with Crippen LogP contribution in [0.2, 0.25) is 10.0 Å². The van der Waals surface area contributed by atoms with E-state index in [1.807, 2.05) is 20.8 Å². The molecule has 0 radical (unpaired) electrons. The third-order valence-electron chi connectivity index (χ3n) is 6.21. The maximum atomic E-state index is 14.0. The lowest BCUT2D eigenvalue weighted by Crippen LogP contribution is -2.52. The Bertz CT molecular complexity index is 1460. The number of ether oxygens (including phenoxy) is 1. The van der Waals surface area contributed by atoms with E-state index < -0.39 is 28.5 Å². The van der Waals surface area contributed by atoms with Crippen LogP contribution in [0.15, 0.2) is 71.6 Å². The zero-order valence-electron chi connectivity index (χ0n) is 23.0. The molecule has 0 heterocycles. The molecule has 0 aliphatic heterocycles. The summed E-state index contributed by atoms with van der Waals surface area (Å²) in [4.78, 5) is 28.3. The molecule has 40 heavy (non-hydrogen) atoms. The van der Waals surface area contributed by atoms with Gasteiger partial charge >= 0.3 is 0 Å². The maximum absolute atomic E-state index is 14.0. The Balaban J connectivity index is 2.08. The Morgan fingerprint density at radius 2 is 1.60 bits per heavy atom. The summed E-state index contributed by atoms with van der Waals surface area (Å²) in [5.41, 5.74) is 1.66. The molecule has 0 bridgehead atoms. The fraction of sp³-hybridized carbons (Fsp3) is 0.310. The summed E-state index contributed by atoms with van der Waals surface area (Å²) in [5.74, 6) is -0.631. The molecule has 3 rings (SSSR count). The topological polar surface area (TPSA) is 96.0 Å². The SMILES string of the molecule is COc1ccc(N(CC(=O)N(Cc2ccccc2Cl)C(C)C(=O)NC(C)C)S(=O)(=O)c2ccc(C)cc2)cc1Cl. The van der Waals surface area contributed by atoms with Crippen LogP contribution in [0.5, 0.6) is 5.75 Å². The minimum Gasteiger partial charge on any atom is -0.495 e. The molecule has 1 N–H and O–H groups in total. The first kappa shape index (κ1) is 31.3. The molecule has 214 valence electrons. The maximum Gasteiger partial charge on any atom is 0.264 e. The quantitative estimate of drug-likeness (QED) is 0.313. The van der Waals surface area contributed by atoms with Crippen LogP contribution in [0, 0.1) is 6.92 Å². The fourth-order valence-electron chi connectivity index (χ4n) is 3.97. The average Bonchev–Trinajstić information content (AvgIpc) is 2.90. The summed E-state index contributed by atoms with van der Waals surface area (Å²) in [5, 5.41) is 3.41. The van der Waals surface area contributed by atoms with Crippen molar-refractivity contribution in [1.29, 1.82) is 0 Å². The molecule has 0 saturated carbocycles. The third-order valence-corrected chi connectivity index (χ3v) is 8.66. The molecule has 11 heteroatoms. The van der Waals surface area contributed by atoms with Gasteiger partial charge in [0.2, 0.25) is 11.8 Å². The average molecular weight is 607 g/mol. The van der Waals surface area contributed by atoms with Gasteiger partial charge in [0.1, 0.15) is 18.3 Å². The summed E-state index contributed by atoms with van der Waals surface area (Å²) < 4.78 is 34.0. The summed E-state index contributed by atoms with van der Waals surface area (Å²) in [6.45, 7) is 6.46. The first-order chi connectivity index (χ1) is 18.8. The molecule has 8 nitrogen and oxygen atoms in total. The first-order valence-electron chi connectivity index (χ1n) is 12.6. The van der Waals surface area contributed by atoms with Crippen LogP contribution in [0.25, 0.3) is 0 Å². The van der Waals surface area contributed by atoms with Crippen LogP contribution >= 0.6 is 23.2 Å². The van der Waals surface area contributed by atoms with Gasteiger partial charge in [-0.05, 0) is 69.7 Å². The van der Waals surface area contributed by atoms with E-state index in [2.05, 4.69) is 5.32 Å². The standard InChI is InChI=1S/C29H33Cl2N3O5S/c1-19(2)32-29(36)21(4)33(17-22-8-6-7-9-25(22)30)28(35)18-34(23-12-15-27(39-5)26(31)16-23)40(37,38)24-13-10-20(3)11-14-24/h6-16,19,21H,17-18H2,1-5H3,(H,32,36). The molecule has 0 fully saturated rings. The molecule has 1 atom stereocenters. The number of anilines is 1. The van der Waals surface area contributed by atoms with Crippen LogP contribution in [-0.2, 0) is 26.2 Å². The van der Waals surface area contributed by atoms with Crippen molar-refractivity contribution in [1.82, 2.24) is 10.2 Å². The van der Waals surface area contributed by atoms with Gasteiger partial charge in [-0.25, -0.2) is 8.42 Å². The lowest BCUT2D eigenvalue weighted by molar-refractivity contribution is -0.139. The number of aryl methyl sites for hydroxylation is 1. The van der Waals surface area contributed by atoms with Crippen LogP contribution in [0.4, 0.5) is 5.69 Å². The van der Waals surface area contributed by atoms with Gasteiger partial charge in [0.15, 0.2) is 0 Å². The minimum atomic E-state index is -4.22. The van der Waals surface area contributed by atoms with Crippen molar-refractivity contribution in [2.75, 3.05) is 18.0 Å². The Morgan fingerprint density at radius 1 is 0.950 bits per heavy atom. The summed E-state index contributed by atoms with van der Waals surface area (Å²) >= 11 is 12.7. The number of rotatable bonds is 11. The van der Waals surface area contributed by atoms with Crippen LogP contribution in [0.3, 0.4) is 0 Å². The molecule has 1 unspecified atom stereocenters. The van der Waals surface area contributed by atoms with E-state index in [9.17, 15) is 18.0 Å². The number of nitrogens with one attached hydrogen (secondary N) is 1. The third kappa shape index (κ3) is 7.47. The predicted octanol–water partition coefficient (Wildman–Crippen LogP) is 5.45. The number of amides is 2. The predicted molar refractivity (Wildman–Crippen MR) is 158 cm³/mol. The van der Waals surface area contributed by atoms with Gasteiger partial charge in [0.05, 0.1) is 22.7 Å². The highest BCUT2D eigenvalue weighted by atomic mass is 35.5. The Morgan fingerprint density at radius 3 is 2.17 bits per heavy atom. The molecular formula is C29H33Cl2N3O5S. The molecule has 0 aromatic heterocycles. The van der Waals surface area contributed by atoms with E-state index in [1.54, 1.807) is 43.3 Å². The summed E-state index contributed by atoms with van der Waals surface area (Å²) in [6.07, 6.45) is 0. The van der Waals surface area contributed by atoms with Crippen LogP contribution in [-0.4, -0.2) is 50.9 Å². The molecule has 3 aromatic rings. The summed E-state index contributed by atoms with van der Waals surface area (Å²) in [7, 11) is -2.78. The van der Waals surface area contributed by atoms with Gasteiger partial charge in [-0.2, -0.15) is 0 Å². The van der Waals surface area contributed by atoms with Crippen molar-refractivity contribution in [3.05, 3.63) is 87.9 Å². The van der Waals surface area contributed by atoms with Crippen LogP contribution in [0.1, 0.15) is 31.9 Å². The second kappa shape index (κ2) is 13.4. The molecule has 0 spiro atoms. The van der Waals surface area contributed by atoms with E-state index in [-0.39, 0.29) is 34.1 Å². The number of halogens is 2.